The molecule has 0 aliphatic heterocycles. The Balaban J connectivity index is 1.59. The van der Waals surface area contributed by atoms with Crippen molar-refractivity contribution in [2.45, 2.75) is 38.0 Å². The molecule has 2 aromatic rings. The molecule has 0 unspecified atom stereocenters. The number of hydrogen-bond donors (Lipinski definition) is 0. The van der Waals surface area contributed by atoms with Gasteiger partial charge in [-0.15, -0.1) is 0 Å². The Morgan fingerprint density at radius 2 is 1.46 bits per heavy atom. The van der Waals surface area contributed by atoms with E-state index in [2.05, 4.69) is 70.5 Å². The molecule has 2 heteroatoms. The van der Waals surface area contributed by atoms with Crippen LogP contribution in [-0.2, 0) is 0 Å². The average molecular weight is 387 g/mol. The quantitative estimate of drug-likeness (QED) is 0.472. The second-order valence-electron chi connectivity index (χ2n) is 6.65. The first-order valence-corrected chi connectivity index (χ1v) is 9.64. The summed E-state index contributed by atoms with van der Waals surface area (Å²) in [6.45, 7) is -0.240. The fraction of sp³-hybridized carbons (Fsp3) is 0.364. The van der Waals surface area contributed by atoms with Crippen LogP contribution in [0.25, 0.3) is 11.1 Å². The molecule has 0 radical (unpaired) electrons. The number of benzene rings is 2. The maximum atomic E-state index is 12.2. The summed E-state index contributed by atoms with van der Waals surface area (Å²) in [5, 5.41) is 0. The second-order valence-corrected chi connectivity index (χ2v) is 7.56. The maximum absolute atomic E-state index is 12.2. The molecule has 0 aromatic heterocycles. The molecule has 0 bridgehead atoms. The minimum Gasteiger partial charge on any atom is -0.251 e. The summed E-state index contributed by atoms with van der Waals surface area (Å²) < 4.78 is 13.3. The summed E-state index contributed by atoms with van der Waals surface area (Å²) in [6.07, 6.45) is 9.73. The Morgan fingerprint density at radius 3 is 2.04 bits per heavy atom. The van der Waals surface area contributed by atoms with Gasteiger partial charge in [0.1, 0.15) is 0 Å². The van der Waals surface area contributed by atoms with E-state index in [0.717, 1.165) is 4.47 Å². The highest BCUT2D eigenvalue weighted by atomic mass is 79.9. The fourth-order valence-electron chi connectivity index (χ4n) is 3.59. The molecule has 0 amide bonds. The smallest absolute Gasteiger partial charge is 0.0928 e. The van der Waals surface area contributed by atoms with E-state index in [1.54, 1.807) is 0 Å². The van der Waals surface area contributed by atoms with Crippen molar-refractivity contribution in [3.8, 4) is 11.1 Å². The lowest BCUT2D eigenvalue weighted by molar-refractivity contribution is 0.375. The van der Waals surface area contributed by atoms with Gasteiger partial charge in [-0.1, -0.05) is 64.5 Å². The van der Waals surface area contributed by atoms with Crippen LogP contribution in [-0.4, -0.2) is 6.67 Å². The highest BCUT2D eigenvalue weighted by Gasteiger charge is 2.20. The summed E-state index contributed by atoms with van der Waals surface area (Å²) in [4.78, 5) is 0. The SMILES string of the molecule is FCCC=CC1CCC(c2ccc(-c3ccc(Br)cc3)cc2)CC1. The van der Waals surface area contributed by atoms with Gasteiger partial charge in [0.25, 0.3) is 0 Å². The van der Waals surface area contributed by atoms with E-state index in [0.29, 0.717) is 18.3 Å². The topological polar surface area (TPSA) is 0 Å². The van der Waals surface area contributed by atoms with Gasteiger partial charge in [-0.3, -0.25) is 4.39 Å². The van der Waals surface area contributed by atoms with E-state index in [-0.39, 0.29) is 6.67 Å². The first-order chi connectivity index (χ1) is 11.8. The third kappa shape index (κ3) is 4.57. The Kier molecular flexibility index (Phi) is 6.25. The van der Waals surface area contributed by atoms with E-state index in [1.165, 1.54) is 42.4 Å². The molecule has 2 aromatic carbocycles. The number of halogens is 2. The molecule has 0 atom stereocenters. The summed E-state index contributed by atoms with van der Waals surface area (Å²) in [5.74, 6) is 1.32. The number of alkyl halides is 1. The van der Waals surface area contributed by atoms with Gasteiger partial charge in [0.15, 0.2) is 0 Å². The van der Waals surface area contributed by atoms with Gasteiger partial charge in [-0.25, -0.2) is 0 Å². The third-order valence-electron chi connectivity index (χ3n) is 5.02. The zero-order chi connectivity index (χ0) is 16.8. The van der Waals surface area contributed by atoms with Gasteiger partial charge in [0, 0.05) is 4.47 Å². The van der Waals surface area contributed by atoms with E-state index in [1.807, 2.05) is 6.08 Å². The zero-order valence-electron chi connectivity index (χ0n) is 13.9. The Hall–Kier alpha value is -1.41. The van der Waals surface area contributed by atoms with Crippen LogP contribution in [0.15, 0.2) is 65.2 Å². The van der Waals surface area contributed by atoms with Gasteiger partial charge in [0.2, 0.25) is 0 Å². The molecule has 0 nitrogen and oxygen atoms in total. The predicted molar refractivity (Wildman–Crippen MR) is 104 cm³/mol. The molecular formula is C22H24BrF. The molecule has 1 aliphatic rings. The largest absolute Gasteiger partial charge is 0.251 e. The molecule has 1 aliphatic carbocycles. The van der Waals surface area contributed by atoms with Gasteiger partial charge in [0.05, 0.1) is 6.67 Å². The van der Waals surface area contributed by atoms with Crippen LogP contribution in [0.5, 0.6) is 0 Å². The molecular weight excluding hydrogens is 363 g/mol. The second kappa shape index (κ2) is 8.62. The van der Waals surface area contributed by atoms with E-state index in [4.69, 9.17) is 0 Å². The Bertz CT molecular complexity index is 649. The van der Waals surface area contributed by atoms with Crippen molar-refractivity contribution >= 4 is 15.9 Å². The van der Waals surface area contributed by atoms with Crippen LogP contribution in [0.4, 0.5) is 4.39 Å². The minimum atomic E-state index is -0.240. The first kappa shape index (κ1) is 17.4. The molecule has 0 spiro atoms. The summed E-state index contributed by atoms with van der Waals surface area (Å²) in [7, 11) is 0. The highest BCUT2D eigenvalue weighted by Crippen LogP contribution is 2.37. The van der Waals surface area contributed by atoms with E-state index in [9.17, 15) is 4.39 Å². The maximum Gasteiger partial charge on any atom is 0.0928 e. The van der Waals surface area contributed by atoms with Gasteiger partial charge in [-0.2, -0.15) is 0 Å². The van der Waals surface area contributed by atoms with Crippen LogP contribution >= 0.6 is 15.9 Å². The van der Waals surface area contributed by atoms with Crippen LogP contribution in [0.1, 0.15) is 43.6 Å². The van der Waals surface area contributed by atoms with Crippen molar-refractivity contribution in [2.75, 3.05) is 6.67 Å². The molecule has 0 heterocycles. The predicted octanol–water partition coefficient (Wildman–Crippen LogP) is 7.31. The van der Waals surface area contributed by atoms with Crippen molar-refractivity contribution in [1.82, 2.24) is 0 Å². The summed E-state index contributed by atoms with van der Waals surface area (Å²) in [5.41, 5.74) is 3.99. The van der Waals surface area contributed by atoms with Crippen molar-refractivity contribution in [3.05, 3.63) is 70.7 Å². The lowest BCUT2D eigenvalue weighted by atomic mass is 9.78. The van der Waals surface area contributed by atoms with Crippen molar-refractivity contribution in [2.24, 2.45) is 5.92 Å². The average Bonchev–Trinajstić information content (AvgIpc) is 2.63. The normalized spacial score (nSPS) is 21.2. The Morgan fingerprint density at radius 1 is 0.875 bits per heavy atom. The summed E-state index contributed by atoms with van der Waals surface area (Å²) in [6, 6.07) is 17.5. The number of allylic oxidation sites excluding steroid dienone is 2. The van der Waals surface area contributed by atoms with Crippen LogP contribution in [0.2, 0.25) is 0 Å². The van der Waals surface area contributed by atoms with Crippen molar-refractivity contribution in [1.29, 1.82) is 0 Å². The van der Waals surface area contributed by atoms with E-state index < -0.39 is 0 Å². The molecule has 0 saturated heterocycles. The Labute approximate surface area is 152 Å². The van der Waals surface area contributed by atoms with Crippen molar-refractivity contribution in [3.63, 3.8) is 0 Å². The molecule has 0 N–H and O–H groups in total. The van der Waals surface area contributed by atoms with Gasteiger partial charge in [-0.05, 0) is 72.8 Å². The molecule has 1 fully saturated rings. The van der Waals surface area contributed by atoms with Crippen LogP contribution < -0.4 is 0 Å². The lowest BCUT2D eigenvalue weighted by Gasteiger charge is -2.27. The molecule has 3 rings (SSSR count). The molecule has 1 saturated carbocycles. The molecule has 24 heavy (non-hydrogen) atoms. The fourth-order valence-corrected chi connectivity index (χ4v) is 3.85. The lowest BCUT2D eigenvalue weighted by Crippen LogP contribution is -2.11. The third-order valence-corrected chi connectivity index (χ3v) is 5.54. The van der Waals surface area contributed by atoms with E-state index >= 15 is 0 Å². The monoisotopic (exact) mass is 386 g/mol. The zero-order valence-corrected chi connectivity index (χ0v) is 15.5. The van der Waals surface area contributed by atoms with Crippen molar-refractivity contribution < 1.29 is 4.39 Å². The minimum absolute atomic E-state index is 0.240. The number of hydrogen-bond acceptors (Lipinski definition) is 0. The number of rotatable bonds is 5. The van der Waals surface area contributed by atoms with Gasteiger partial charge >= 0.3 is 0 Å². The van der Waals surface area contributed by atoms with Crippen LogP contribution in [0.3, 0.4) is 0 Å². The summed E-state index contributed by atoms with van der Waals surface area (Å²) >= 11 is 3.48. The first-order valence-electron chi connectivity index (χ1n) is 8.85. The van der Waals surface area contributed by atoms with Crippen LogP contribution in [0, 0.1) is 5.92 Å². The van der Waals surface area contributed by atoms with Gasteiger partial charge < -0.3 is 0 Å². The highest BCUT2D eigenvalue weighted by molar-refractivity contribution is 9.10. The molecule has 126 valence electrons. The standard InChI is InChI=1S/C22H24BrF/c23-22-14-12-21(13-15-22)20-10-8-19(9-11-20)18-6-4-17(5-7-18)3-1-2-16-24/h1,3,8-15,17-18H,2,4-7,16H2.